The maximum atomic E-state index is 2.42. The first-order valence-electron chi connectivity index (χ1n) is 13.1. The zero-order chi connectivity index (χ0) is 20.2. The molecule has 0 atom stereocenters. The molecule has 0 N–H and O–H groups in total. The van der Waals surface area contributed by atoms with Gasteiger partial charge in [0.15, 0.2) is 0 Å². The Morgan fingerprint density at radius 2 is 0.741 bits per heavy atom. The van der Waals surface area contributed by atoms with E-state index in [4.69, 9.17) is 0 Å². The first-order chi connectivity index (χ1) is 13.1. The highest BCUT2D eigenvalue weighted by Gasteiger charge is 2.14. The molecule has 0 aromatic carbocycles. The number of hydrogen-bond donors (Lipinski definition) is 0. The minimum absolute atomic E-state index is 0.442. The summed E-state index contributed by atoms with van der Waals surface area (Å²) in [4.78, 5) is 0. The van der Waals surface area contributed by atoms with E-state index in [0.29, 0.717) is 0 Å². The van der Waals surface area contributed by atoms with Crippen LogP contribution in [-0.4, -0.2) is 8.80 Å². The summed E-state index contributed by atoms with van der Waals surface area (Å²) in [5.41, 5.74) is 0. The minimum Gasteiger partial charge on any atom is -0.0654 e. The molecule has 0 unspecified atom stereocenters. The van der Waals surface area contributed by atoms with Crippen molar-refractivity contribution >= 4 is 8.80 Å². The largest absolute Gasteiger partial charge is 0.0654 e. The van der Waals surface area contributed by atoms with Crippen molar-refractivity contribution in [2.45, 2.75) is 155 Å². The molecule has 164 valence electrons. The second-order valence-corrected chi connectivity index (χ2v) is 13.5. The van der Waals surface area contributed by atoms with Crippen molar-refractivity contribution in [2.24, 2.45) is 11.8 Å². The van der Waals surface area contributed by atoms with Gasteiger partial charge in [-0.3, -0.25) is 0 Å². The highest BCUT2D eigenvalue weighted by Crippen LogP contribution is 2.21. The van der Waals surface area contributed by atoms with Gasteiger partial charge in [-0.05, 0) is 11.8 Å². The third-order valence-corrected chi connectivity index (χ3v) is 10.5. The van der Waals surface area contributed by atoms with E-state index in [-0.39, 0.29) is 0 Å². The average Bonchev–Trinajstić information content (AvgIpc) is 2.60. The third kappa shape index (κ3) is 22.4. The van der Waals surface area contributed by atoms with Crippen molar-refractivity contribution in [1.82, 2.24) is 0 Å². The molecule has 0 rings (SSSR count). The van der Waals surface area contributed by atoms with Crippen molar-refractivity contribution in [3.05, 3.63) is 0 Å². The van der Waals surface area contributed by atoms with Crippen molar-refractivity contribution in [3.8, 4) is 0 Å². The summed E-state index contributed by atoms with van der Waals surface area (Å²) in [7, 11) is -0.442. The van der Waals surface area contributed by atoms with Gasteiger partial charge < -0.3 is 0 Å². The zero-order valence-electron chi connectivity index (χ0n) is 20.2. The Morgan fingerprint density at radius 3 is 1.04 bits per heavy atom. The molecule has 1 heteroatoms. The summed E-state index contributed by atoms with van der Waals surface area (Å²) in [5, 5.41) is 0. The lowest BCUT2D eigenvalue weighted by atomic mass is 10.0. The van der Waals surface area contributed by atoms with Crippen LogP contribution in [-0.2, 0) is 0 Å². The predicted molar refractivity (Wildman–Crippen MR) is 131 cm³/mol. The first-order valence-corrected chi connectivity index (χ1v) is 15.5. The van der Waals surface area contributed by atoms with Gasteiger partial charge in [-0.1, -0.05) is 155 Å². The topological polar surface area (TPSA) is 0 Å². The Morgan fingerprint density at radius 1 is 0.444 bits per heavy atom. The normalized spacial score (nSPS) is 12.0. The number of rotatable bonds is 21. The fourth-order valence-corrected chi connectivity index (χ4v) is 8.84. The maximum absolute atomic E-state index is 2.42. The van der Waals surface area contributed by atoms with Crippen molar-refractivity contribution < 1.29 is 0 Å². The quantitative estimate of drug-likeness (QED) is 0.134. The van der Waals surface area contributed by atoms with Crippen molar-refractivity contribution in [2.75, 3.05) is 0 Å². The van der Waals surface area contributed by atoms with E-state index in [1.165, 1.54) is 103 Å². The Labute approximate surface area is 176 Å². The van der Waals surface area contributed by atoms with Crippen molar-refractivity contribution in [1.29, 1.82) is 0 Å². The average molecular weight is 397 g/mol. The minimum atomic E-state index is -0.442. The fourth-order valence-electron chi connectivity index (χ4n) is 4.65. The van der Waals surface area contributed by atoms with Gasteiger partial charge in [0.1, 0.15) is 0 Å². The van der Waals surface area contributed by atoms with Crippen LogP contribution in [0.15, 0.2) is 0 Å². The van der Waals surface area contributed by atoms with Crippen LogP contribution < -0.4 is 0 Å². The molecule has 0 aliphatic heterocycles. The molecule has 0 spiro atoms. The van der Waals surface area contributed by atoms with Gasteiger partial charge in [0, 0.05) is 8.80 Å². The molecule has 0 bridgehead atoms. The maximum Gasteiger partial charge on any atom is 0.0372 e. The van der Waals surface area contributed by atoms with Crippen LogP contribution in [0.4, 0.5) is 0 Å². The van der Waals surface area contributed by atoms with E-state index in [1.54, 1.807) is 18.1 Å². The lowest BCUT2D eigenvalue weighted by Crippen LogP contribution is -2.17. The molecule has 0 fully saturated rings. The van der Waals surface area contributed by atoms with Gasteiger partial charge in [0.25, 0.3) is 0 Å². The molecular formula is C26H56Si. The molecule has 27 heavy (non-hydrogen) atoms. The highest BCUT2D eigenvalue weighted by molar-refractivity contribution is 6.58. The Bertz CT molecular complexity index is 261. The molecular weight excluding hydrogens is 340 g/mol. The summed E-state index contributed by atoms with van der Waals surface area (Å²) in [6.07, 6.45) is 23.7. The summed E-state index contributed by atoms with van der Waals surface area (Å²) in [6.45, 7) is 12.0. The molecule has 0 aliphatic carbocycles. The molecule has 0 amide bonds. The Hall–Kier alpha value is 0.217. The van der Waals surface area contributed by atoms with Gasteiger partial charge in [-0.15, -0.1) is 0 Å². The first kappa shape index (κ1) is 27.2. The van der Waals surface area contributed by atoms with E-state index < -0.39 is 8.80 Å². The Kier molecular flexibility index (Phi) is 21.1. The lowest BCUT2D eigenvalue weighted by Gasteiger charge is -2.19. The summed E-state index contributed by atoms with van der Waals surface area (Å²) >= 11 is 0. The van der Waals surface area contributed by atoms with E-state index in [9.17, 15) is 0 Å². The molecule has 0 aromatic heterocycles. The van der Waals surface area contributed by atoms with Crippen LogP contribution in [0.2, 0.25) is 18.1 Å². The standard InChI is InChI=1S/C26H56Si/c1-6-7-8-9-10-11-12-13-14-15-16-17-18-19-20-21-22-27(23-25(2)3)24-26(4)5/h25-27H,6-24H2,1-5H3. The second kappa shape index (κ2) is 20.9. The number of hydrogen-bond acceptors (Lipinski definition) is 0. The lowest BCUT2D eigenvalue weighted by molar-refractivity contribution is 0.531. The monoisotopic (exact) mass is 396 g/mol. The van der Waals surface area contributed by atoms with Gasteiger partial charge in [-0.25, -0.2) is 0 Å². The SMILES string of the molecule is CCCCCCCCCCCCCCCCCC[SiH](CC(C)C)CC(C)C. The van der Waals surface area contributed by atoms with Crippen LogP contribution in [0, 0.1) is 11.8 Å². The molecule has 0 aromatic rings. The molecule has 0 radical (unpaired) electrons. The van der Waals surface area contributed by atoms with E-state index in [1.807, 2.05) is 0 Å². The second-order valence-electron chi connectivity index (χ2n) is 10.2. The summed E-state index contributed by atoms with van der Waals surface area (Å²) < 4.78 is 0. The van der Waals surface area contributed by atoms with Crippen LogP contribution in [0.5, 0.6) is 0 Å². The van der Waals surface area contributed by atoms with Crippen LogP contribution in [0.3, 0.4) is 0 Å². The van der Waals surface area contributed by atoms with E-state index in [0.717, 1.165) is 11.8 Å². The smallest absolute Gasteiger partial charge is 0.0372 e. The molecule has 0 heterocycles. The molecule has 0 saturated heterocycles. The van der Waals surface area contributed by atoms with Gasteiger partial charge >= 0.3 is 0 Å². The van der Waals surface area contributed by atoms with Crippen LogP contribution >= 0.6 is 0 Å². The van der Waals surface area contributed by atoms with Gasteiger partial charge in [0.2, 0.25) is 0 Å². The number of unbranched alkanes of at least 4 members (excludes halogenated alkanes) is 15. The third-order valence-electron chi connectivity index (χ3n) is 6.08. The predicted octanol–water partition coefficient (Wildman–Crippen LogP) is 9.79. The summed E-state index contributed by atoms with van der Waals surface area (Å²) in [6, 6.07) is 4.78. The molecule has 0 saturated carbocycles. The summed E-state index contributed by atoms with van der Waals surface area (Å²) in [5.74, 6) is 1.86. The van der Waals surface area contributed by atoms with Crippen LogP contribution in [0.1, 0.15) is 137 Å². The van der Waals surface area contributed by atoms with Crippen LogP contribution in [0.25, 0.3) is 0 Å². The molecule has 0 nitrogen and oxygen atoms in total. The van der Waals surface area contributed by atoms with Crippen molar-refractivity contribution in [3.63, 3.8) is 0 Å². The highest BCUT2D eigenvalue weighted by atomic mass is 28.3. The fraction of sp³-hybridized carbons (Fsp3) is 1.00. The van der Waals surface area contributed by atoms with E-state index >= 15 is 0 Å². The zero-order valence-corrected chi connectivity index (χ0v) is 21.3. The van der Waals surface area contributed by atoms with E-state index in [2.05, 4.69) is 34.6 Å². The molecule has 0 aliphatic rings. The Balaban J connectivity index is 3.30. The van der Waals surface area contributed by atoms with Gasteiger partial charge in [0.05, 0.1) is 0 Å². The van der Waals surface area contributed by atoms with Gasteiger partial charge in [-0.2, -0.15) is 0 Å².